The van der Waals surface area contributed by atoms with E-state index in [0.717, 1.165) is 16.7 Å². The van der Waals surface area contributed by atoms with Gasteiger partial charge < -0.3 is 4.74 Å². The molecule has 34 heavy (non-hydrogen) atoms. The predicted octanol–water partition coefficient (Wildman–Crippen LogP) is 5.68. The van der Waals surface area contributed by atoms with Gasteiger partial charge in [0.15, 0.2) is 0 Å². The van der Waals surface area contributed by atoms with E-state index in [1.807, 2.05) is 54.6 Å². The molecule has 0 spiro atoms. The molecule has 5 rings (SSSR count). The Morgan fingerprint density at radius 2 is 0.941 bits per heavy atom. The highest BCUT2D eigenvalue weighted by molar-refractivity contribution is 6.21. The van der Waals surface area contributed by atoms with Gasteiger partial charge in [-0.2, -0.15) is 0 Å². The molecular formula is C30H25NO3. The highest BCUT2D eigenvalue weighted by Gasteiger charge is 2.38. The fourth-order valence-electron chi connectivity index (χ4n) is 4.66. The second-order valence-electron chi connectivity index (χ2n) is 8.29. The summed E-state index contributed by atoms with van der Waals surface area (Å²) in [7, 11) is 0. The number of hydrogen-bond donors (Lipinski definition) is 0. The van der Waals surface area contributed by atoms with Gasteiger partial charge in [0.25, 0.3) is 11.8 Å². The zero-order valence-corrected chi connectivity index (χ0v) is 18.8. The lowest BCUT2D eigenvalue weighted by molar-refractivity contribution is 0.00877. The highest BCUT2D eigenvalue weighted by Crippen LogP contribution is 2.40. The Labute approximate surface area is 199 Å². The zero-order valence-electron chi connectivity index (χ0n) is 18.8. The fourth-order valence-corrected chi connectivity index (χ4v) is 4.66. The molecule has 0 radical (unpaired) electrons. The molecule has 4 nitrogen and oxygen atoms in total. The fraction of sp³-hybridized carbons (Fsp3) is 0.133. The number of carbonyl (C=O) groups is 2. The standard InChI is InChI=1S/C30H25NO3/c32-28-26-19-10-11-20-27(26)29(33)31(28)21-12-22-34-30(23-13-4-1-5-14-23,24-15-6-2-7-16-24)25-17-8-3-9-18-25/h1-11,13-20H,12,21-22H2. The van der Waals surface area contributed by atoms with Crippen molar-refractivity contribution in [1.82, 2.24) is 4.90 Å². The van der Waals surface area contributed by atoms with Crippen LogP contribution in [0, 0.1) is 0 Å². The maximum Gasteiger partial charge on any atom is 0.261 e. The van der Waals surface area contributed by atoms with Gasteiger partial charge >= 0.3 is 0 Å². The Kier molecular flexibility index (Phi) is 6.07. The third kappa shape index (κ3) is 3.82. The number of imide groups is 1. The number of fused-ring (bicyclic) bond motifs is 1. The van der Waals surface area contributed by atoms with Gasteiger partial charge in [0, 0.05) is 6.54 Å². The van der Waals surface area contributed by atoms with Crippen LogP contribution in [0.2, 0.25) is 0 Å². The molecule has 2 amide bonds. The lowest BCUT2D eigenvalue weighted by Crippen LogP contribution is -2.35. The molecule has 0 aliphatic carbocycles. The van der Waals surface area contributed by atoms with Crippen LogP contribution in [0.5, 0.6) is 0 Å². The average Bonchev–Trinajstić information content (AvgIpc) is 3.15. The van der Waals surface area contributed by atoms with Gasteiger partial charge in [-0.3, -0.25) is 14.5 Å². The zero-order chi connectivity index (χ0) is 23.4. The van der Waals surface area contributed by atoms with Gasteiger partial charge in [0.05, 0.1) is 17.7 Å². The number of rotatable bonds is 8. The Morgan fingerprint density at radius 3 is 1.35 bits per heavy atom. The van der Waals surface area contributed by atoms with Crippen molar-refractivity contribution in [2.75, 3.05) is 13.2 Å². The number of ether oxygens (including phenoxy) is 1. The summed E-state index contributed by atoms with van der Waals surface area (Å²) in [5.74, 6) is -0.470. The summed E-state index contributed by atoms with van der Waals surface area (Å²) in [6.07, 6.45) is 0.527. The van der Waals surface area contributed by atoms with E-state index < -0.39 is 5.60 Å². The van der Waals surface area contributed by atoms with Crippen LogP contribution in [-0.4, -0.2) is 29.9 Å². The van der Waals surface area contributed by atoms with Crippen molar-refractivity contribution in [2.24, 2.45) is 0 Å². The van der Waals surface area contributed by atoms with Crippen LogP contribution >= 0.6 is 0 Å². The summed E-state index contributed by atoms with van der Waals surface area (Å²) in [6.45, 7) is 0.673. The molecule has 0 fully saturated rings. The number of benzene rings is 4. The third-order valence-corrected chi connectivity index (χ3v) is 6.26. The molecule has 1 heterocycles. The lowest BCUT2D eigenvalue weighted by Gasteiger charge is -2.36. The topological polar surface area (TPSA) is 46.6 Å². The van der Waals surface area contributed by atoms with E-state index >= 15 is 0 Å². The van der Waals surface area contributed by atoms with E-state index in [9.17, 15) is 9.59 Å². The maximum absolute atomic E-state index is 12.7. The smallest absolute Gasteiger partial charge is 0.261 e. The van der Waals surface area contributed by atoms with Gasteiger partial charge in [-0.05, 0) is 35.2 Å². The summed E-state index contributed by atoms with van der Waals surface area (Å²) in [5.41, 5.74) is 3.20. The van der Waals surface area contributed by atoms with Crippen molar-refractivity contribution in [3.8, 4) is 0 Å². The summed E-state index contributed by atoms with van der Waals surface area (Å²) < 4.78 is 6.75. The van der Waals surface area contributed by atoms with E-state index in [-0.39, 0.29) is 11.8 Å². The number of hydrogen-bond acceptors (Lipinski definition) is 3. The first kappa shape index (κ1) is 21.8. The summed E-state index contributed by atoms with van der Waals surface area (Å²) in [4.78, 5) is 26.8. The summed E-state index contributed by atoms with van der Waals surface area (Å²) >= 11 is 0. The molecule has 0 saturated carbocycles. The first-order valence-corrected chi connectivity index (χ1v) is 11.5. The van der Waals surface area contributed by atoms with Crippen LogP contribution in [0.25, 0.3) is 0 Å². The second kappa shape index (κ2) is 9.46. The molecule has 1 aliphatic rings. The first-order valence-electron chi connectivity index (χ1n) is 11.5. The largest absolute Gasteiger partial charge is 0.361 e. The Morgan fingerprint density at radius 1 is 0.559 bits per heavy atom. The van der Waals surface area contributed by atoms with E-state index in [1.54, 1.807) is 24.3 Å². The molecule has 168 valence electrons. The molecule has 0 N–H and O–H groups in total. The van der Waals surface area contributed by atoms with Crippen LogP contribution < -0.4 is 0 Å². The highest BCUT2D eigenvalue weighted by atomic mass is 16.5. The minimum Gasteiger partial charge on any atom is -0.361 e. The minimum absolute atomic E-state index is 0.235. The summed E-state index contributed by atoms with van der Waals surface area (Å²) in [5, 5.41) is 0. The first-order chi connectivity index (χ1) is 16.7. The van der Waals surface area contributed by atoms with E-state index in [0.29, 0.717) is 30.7 Å². The quantitative estimate of drug-likeness (QED) is 0.198. The molecule has 0 bridgehead atoms. The number of amides is 2. The average molecular weight is 448 g/mol. The van der Waals surface area contributed by atoms with Gasteiger partial charge in [0.2, 0.25) is 0 Å². The molecular weight excluding hydrogens is 422 g/mol. The van der Waals surface area contributed by atoms with Crippen LogP contribution in [0.4, 0.5) is 0 Å². The Balaban J connectivity index is 1.42. The molecule has 0 aromatic heterocycles. The van der Waals surface area contributed by atoms with Gasteiger partial charge in [-0.1, -0.05) is 103 Å². The Bertz CT molecular complexity index is 1150. The van der Waals surface area contributed by atoms with Gasteiger partial charge in [0.1, 0.15) is 5.60 Å². The van der Waals surface area contributed by atoms with E-state index in [2.05, 4.69) is 36.4 Å². The molecule has 0 atom stereocenters. The molecule has 0 unspecified atom stereocenters. The van der Waals surface area contributed by atoms with Crippen molar-refractivity contribution < 1.29 is 14.3 Å². The van der Waals surface area contributed by atoms with Crippen molar-refractivity contribution >= 4 is 11.8 Å². The Hall–Kier alpha value is -4.02. The van der Waals surface area contributed by atoms with Gasteiger partial charge in [-0.15, -0.1) is 0 Å². The third-order valence-electron chi connectivity index (χ3n) is 6.26. The monoisotopic (exact) mass is 447 g/mol. The molecule has 1 aliphatic heterocycles. The van der Waals surface area contributed by atoms with Crippen LogP contribution in [-0.2, 0) is 10.3 Å². The molecule has 0 saturated heterocycles. The van der Waals surface area contributed by atoms with Crippen molar-refractivity contribution in [2.45, 2.75) is 12.0 Å². The summed E-state index contributed by atoms with van der Waals surface area (Å²) in [6, 6.07) is 37.5. The second-order valence-corrected chi connectivity index (χ2v) is 8.29. The minimum atomic E-state index is -0.814. The van der Waals surface area contributed by atoms with Crippen molar-refractivity contribution in [3.63, 3.8) is 0 Å². The number of carbonyl (C=O) groups excluding carboxylic acids is 2. The SMILES string of the molecule is O=C1c2ccccc2C(=O)N1CCCOC(c1ccccc1)(c1ccccc1)c1ccccc1. The van der Waals surface area contributed by atoms with Gasteiger partial charge in [-0.25, -0.2) is 0 Å². The van der Waals surface area contributed by atoms with Crippen molar-refractivity contribution in [1.29, 1.82) is 0 Å². The van der Waals surface area contributed by atoms with Crippen LogP contribution in [0.1, 0.15) is 43.8 Å². The van der Waals surface area contributed by atoms with Crippen molar-refractivity contribution in [3.05, 3.63) is 143 Å². The maximum atomic E-state index is 12.7. The molecule has 4 heteroatoms. The van der Waals surface area contributed by atoms with E-state index in [1.165, 1.54) is 4.90 Å². The normalized spacial score (nSPS) is 13.2. The van der Waals surface area contributed by atoms with E-state index in [4.69, 9.17) is 4.74 Å². The van der Waals surface area contributed by atoms with Crippen LogP contribution in [0.15, 0.2) is 115 Å². The molecule has 4 aromatic carbocycles. The van der Waals surface area contributed by atoms with Crippen LogP contribution in [0.3, 0.4) is 0 Å². The predicted molar refractivity (Wildman–Crippen MR) is 132 cm³/mol. The lowest BCUT2D eigenvalue weighted by atomic mass is 9.80. The number of nitrogens with zero attached hydrogens (tertiary/aromatic N) is 1. The molecule has 4 aromatic rings.